The van der Waals surface area contributed by atoms with E-state index in [-0.39, 0.29) is 17.9 Å². The van der Waals surface area contributed by atoms with Crippen molar-refractivity contribution in [3.05, 3.63) is 48.0 Å². The number of piperidine rings is 1. The van der Waals surface area contributed by atoms with Crippen LogP contribution in [0.2, 0.25) is 0 Å². The van der Waals surface area contributed by atoms with E-state index in [1.54, 1.807) is 34.1 Å². The summed E-state index contributed by atoms with van der Waals surface area (Å²) in [7, 11) is 5.14. The summed E-state index contributed by atoms with van der Waals surface area (Å²) in [6, 6.07) is 14.0. The highest BCUT2D eigenvalue weighted by Crippen LogP contribution is 2.39. The number of carbonyl (C=O) groups excluding carboxylic acids is 1. The van der Waals surface area contributed by atoms with Gasteiger partial charge < -0.3 is 30.1 Å². The number of likely N-dealkylation sites (tertiary alicyclic amines) is 1. The molecule has 0 radical (unpaired) electrons. The predicted octanol–water partition coefficient (Wildman–Crippen LogP) is 3.24. The zero-order valence-electron chi connectivity index (χ0n) is 22.3. The lowest BCUT2D eigenvalue weighted by Gasteiger charge is -2.45. The predicted molar refractivity (Wildman–Crippen MR) is 145 cm³/mol. The second-order valence-corrected chi connectivity index (χ2v) is 10.5. The number of hydrogen-bond acceptors (Lipinski definition) is 8. The Kier molecular flexibility index (Phi) is 7.45. The largest absolute Gasteiger partial charge is 0.493 e. The Labute approximate surface area is 218 Å². The minimum Gasteiger partial charge on any atom is -0.493 e. The number of benzene rings is 2. The number of hydrogen-bond donors (Lipinski definition) is 2. The number of nitrogen functional groups attached to an aromatic ring is 1. The van der Waals surface area contributed by atoms with Crippen LogP contribution in [0.15, 0.2) is 42.5 Å². The molecule has 3 aromatic rings. The number of nitrogens with zero attached hydrogens (tertiary/aromatic N) is 4. The maximum Gasteiger partial charge on any atom is 0.230 e. The molecule has 1 saturated heterocycles. The molecule has 1 aliphatic heterocycles. The van der Waals surface area contributed by atoms with E-state index in [9.17, 15) is 9.90 Å². The number of anilines is 2. The van der Waals surface area contributed by atoms with Crippen LogP contribution in [-0.4, -0.2) is 73.4 Å². The summed E-state index contributed by atoms with van der Waals surface area (Å²) < 4.78 is 10.9. The van der Waals surface area contributed by atoms with E-state index in [0.717, 1.165) is 12.8 Å². The number of aromatic nitrogens is 2. The smallest absolute Gasteiger partial charge is 0.230 e. The number of aliphatic hydroxyl groups is 1. The first-order valence-electron chi connectivity index (χ1n) is 12.5. The van der Waals surface area contributed by atoms with Crippen molar-refractivity contribution in [3.8, 4) is 11.5 Å². The van der Waals surface area contributed by atoms with E-state index in [2.05, 4.69) is 17.1 Å². The van der Waals surface area contributed by atoms with Gasteiger partial charge in [-0.05, 0) is 38.3 Å². The van der Waals surface area contributed by atoms with Gasteiger partial charge in [-0.1, -0.05) is 30.3 Å². The summed E-state index contributed by atoms with van der Waals surface area (Å²) in [5, 5.41) is 10.4. The van der Waals surface area contributed by atoms with Crippen LogP contribution in [0.4, 0.5) is 11.8 Å². The van der Waals surface area contributed by atoms with Crippen molar-refractivity contribution < 1.29 is 19.4 Å². The molecule has 0 atom stereocenters. The molecule has 2 heterocycles. The minimum absolute atomic E-state index is 0.0139. The van der Waals surface area contributed by atoms with E-state index in [4.69, 9.17) is 20.2 Å². The third-order valence-electron chi connectivity index (χ3n) is 7.47. The fourth-order valence-corrected chi connectivity index (χ4v) is 5.13. The number of carbonyl (C=O) groups is 1. The van der Waals surface area contributed by atoms with Gasteiger partial charge in [0.05, 0.1) is 31.8 Å². The SMILES string of the molecule is COc1cc2nc(N(C)CC3(c4ccccc4)CCN(C(=O)C(C)(C)CO)CC3)nc(N)c2cc1OC. The number of nitrogens with two attached hydrogens (primary N) is 1. The van der Waals surface area contributed by atoms with Gasteiger partial charge in [0.25, 0.3) is 0 Å². The molecule has 1 aromatic heterocycles. The molecule has 1 fully saturated rings. The molecular formula is C28H37N5O4. The molecule has 37 heavy (non-hydrogen) atoms. The van der Waals surface area contributed by atoms with Crippen molar-refractivity contribution in [2.24, 2.45) is 5.41 Å². The van der Waals surface area contributed by atoms with Gasteiger partial charge in [0, 0.05) is 43.5 Å². The fraction of sp³-hybridized carbons (Fsp3) is 0.464. The van der Waals surface area contributed by atoms with Crippen molar-refractivity contribution in [1.29, 1.82) is 0 Å². The van der Waals surface area contributed by atoms with E-state index >= 15 is 0 Å². The van der Waals surface area contributed by atoms with Crippen molar-refractivity contribution >= 4 is 28.6 Å². The van der Waals surface area contributed by atoms with E-state index in [1.165, 1.54) is 5.56 Å². The van der Waals surface area contributed by atoms with Gasteiger partial charge >= 0.3 is 0 Å². The molecule has 0 spiro atoms. The average molecular weight is 508 g/mol. The quantitative estimate of drug-likeness (QED) is 0.478. The normalized spacial score (nSPS) is 15.5. The summed E-state index contributed by atoms with van der Waals surface area (Å²) >= 11 is 0. The van der Waals surface area contributed by atoms with Gasteiger partial charge in [-0.2, -0.15) is 4.98 Å². The molecule has 0 unspecified atom stereocenters. The Bertz CT molecular complexity index is 1260. The molecule has 3 N–H and O–H groups in total. The fourth-order valence-electron chi connectivity index (χ4n) is 5.13. The first-order valence-corrected chi connectivity index (χ1v) is 12.5. The van der Waals surface area contributed by atoms with Crippen LogP contribution in [0.25, 0.3) is 10.9 Å². The molecule has 0 bridgehead atoms. The second-order valence-electron chi connectivity index (χ2n) is 10.5. The van der Waals surface area contributed by atoms with Crippen molar-refractivity contribution in [1.82, 2.24) is 14.9 Å². The zero-order valence-corrected chi connectivity index (χ0v) is 22.3. The number of likely N-dealkylation sites (N-methyl/N-ethyl adjacent to an activating group) is 1. The minimum atomic E-state index is -0.788. The third kappa shape index (κ3) is 5.13. The van der Waals surface area contributed by atoms with Crippen LogP contribution in [0, 0.1) is 5.41 Å². The Hall–Kier alpha value is -3.59. The third-order valence-corrected chi connectivity index (χ3v) is 7.47. The molecule has 9 nitrogen and oxygen atoms in total. The molecule has 9 heteroatoms. The molecule has 0 aliphatic carbocycles. The van der Waals surface area contributed by atoms with Crippen LogP contribution in [0.3, 0.4) is 0 Å². The highest BCUT2D eigenvalue weighted by atomic mass is 16.5. The lowest BCUT2D eigenvalue weighted by Crippen LogP contribution is -2.53. The highest BCUT2D eigenvalue weighted by molar-refractivity contribution is 5.91. The Morgan fingerprint density at radius 2 is 1.73 bits per heavy atom. The van der Waals surface area contributed by atoms with E-state index in [0.29, 0.717) is 53.8 Å². The summed E-state index contributed by atoms with van der Waals surface area (Å²) in [4.78, 5) is 26.3. The van der Waals surface area contributed by atoms with E-state index < -0.39 is 5.41 Å². The zero-order chi connectivity index (χ0) is 26.8. The molecule has 2 aromatic carbocycles. The molecular weight excluding hydrogens is 470 g/mol. The van der Waals surface area contributed by atoms with Crippen LogP contribution in [-0.2, 0) is 10.2 Å². The standard InChI is InChI=1S/C28H37N5O4/c1-27(2,18-34)25(35)33-13-11-28(12-14-33,19-9-7-6-8-10-19)17-32(3)26-30-21-16-23(37-5)22(36-4)15-20(21)24(29)31-26/h6-10,15-16,34H,11-14,17-18H2,1-5H3,(H2,29,30,31). The second kappa shape index (κ2) is 10.4. The van der Waals surface area contributed by atoms with Gasteiger partial charge in [0.1, 0.15) is 5.82 Å². The number of aliphatic hydroxyl groups excluding tert-OH is 1. The molecule has 1 aliphatic rings. The lowest BCUT2D eigenvalue weighted by molar-refractivity contribution is -0.144. The van der Waals surface area contributed by atoms with Gasteiger partial charge in [0.2, 0.25) is 11.9 Å². The van der Waals surface area contributed by atoms with Crippen LogP contribution >= 0.6 is 0 Å². The first-order chi connectivity index (χ1) is 17.6. The number of fused-ring (bicyclic) bond motifs is 1. The highest BCUT2D eigenvalue weighted by Gasteiger charge is 2.41. The van der Waals surface area contributed by atoms with E-state index in [1.807, 2.05) is 41.1 Å². The van der Waals surface area contributed by atoms with Crippen LogP contribution in [0.5, 0.6) is 11.5 Å². The van der Waals surface area contributed by atoms with Gasteiger partial charge in [0.15, 0.2) is 11.5 Å². The summed E-state index contributed by atoms with van der Waals surface area (Å²) in [5.41, 5.74) is 7.25. The Morgan fingerprint density at radius 3 is 2.32 bits per heavy atom. The summed E-state index contributed by atoms with van der Waals surface area (Å²) in [6.07, 6.45) is 1.56. The molecule has 1 amide bonds. The van der Waals surface area contributed by atoms with Gasteiger partial charge in [-0.15, -0.1) is 0 Å². The van der Waals surface area contributed by atoms with Crippen molar-refractivity contribution in [2.75, 3.05) is 58.1 Å². The topological polar surface area (TPSA) is 114 Å². The molecule has 0 saturated carbocycles. The number of methoxy groups -OCH3 is 2. The van der Waals surface area contributed by atoms with Crippen LogP contribution < -0.4 is 20.1 Å². The van der Waals surface area contributed by atoms with Gasteiger partial charge in [-0.25, -0.2) is 4.98 Å². The number of rotatable bonds is 8. The van der Waals surface area contributed by atoms with Crippen LogP contribution in [0.1, 0.15) is 32.3 Å². The van der Waals surface area contributed by atoms with Gasteiger partial charge in [-0.3, -0.25) is 4.79 Å². The Morgan fingerprint density at radius 1 is 1.11 bits per heavy atom. The average Bonchev–Trinajstić information content (AvgIpc) is 2.92. The van der Waals surface area contributed by atoms with Crippen molar-refractivity contribution in [2.45, 2.75) is 32.1 Å². The molecule has 198 valence electrons. The molecule has 4 rings (SSSR count). The maximum atomic E-state index is 13.0. The summed E-state index contributed by atoms with van der Waals surface area (Å²) in [5.74, 6) is 2.02. The Balaban J connectivity index is 1.64. The number of amides is 1. The maximum absolute atomic E-state index is 13.0. The summed E-state index contributed by atoms with van der Waals surface area (Å²) in [6.45, 7) is 5.28. The number of ether oxygens (including phenoxy) is 2. The first kappa shape index (κ1) is 26.5. The monoisotopic (exact) mass is 507 g/mol. The lowest BCUT2D eigenvalue weighted by atomic mass is 9.72. The van der Waals surface area contributed by atoms with Crippen molar-refractivity contribution in [3.63, 3.8) is 0 Å².